The predicted octanol–water partition coefficient (Wildman–Crippen LogP) is 9.49. The Morgan fingerprint density at radius 1 is 0.350 bits per heavy atom. The normalized spacial score (nSPS) is 11.5. The van der Waals surface area contributed by atoms with Crippen LogP contribution in [0.4, 0.5) is 0 Å². The quantitative estimate of drug-likeness (QED) is 0.223. The minimum atomic E-state index is 0.615. The number of benzene rings is 6. The van der Waals surface area contributed by atoms with Crippen molar-refractivity contribution in [1.29, 1.82) is 0 Å². The van der Waals surface area contributed by atoms with E-state index < -0.39 is 0 Å². The molecule has 0 aliphatic rings. The summed E-state index contributed by atoms with van der Waals surface area (Å²) in [6, 6.07) is 46.9. The van der Waals surface area contributed by atoms with Crippen LogP contribution in [0.5, 0.6) is 0 Å². The summed E-state index contributed by atoms with van der Waals surface area (Å²) in [6.07, 6.45) is 1.79. The Hall–Kier alpha value is -5.41. The minimum absolute atomic E-state index is 0.615. The summed E-state index contributed by atoms with van der Waals surface area (Å²) in [6.45, 7) is 0. The summed E-state index contributed by atoms with van der Waals surface area (Å²) in [7, 11) is 0. The Morgan fingerprint density at radius 3 is 1.35 bits per heavy atom. The van der Waals surface area contributed by atoms with Gasteiger partial charge in [0.2, 0.25) is 0 Å². The highest BCUT2D eigenvalue weighted by Gasteiger charge is 2.13. The van der Waals surface area contributed by atoms with Gasteiger partial charge in [0.25, 0.3) is 0 Å². The Balaban J connectivity index is 1.36. The van der Waals surface area contributed by atoms with Crippen LogP contribution in [-0.2, 0) is 0 Å². The maximum Gasteiger partial charge on any atom is 0.179 e. The first-order chi connectivity index (χ1) is 19.8. The zero-order chi connectivity index (χ0) is 26.5. The highest BCUT2D eigenvalue weighted by molar-refractivity contribution is 6.09. The van der Waals surface area contributed by atoms with Gasteiger partial charge in [0.1, 0.15) is 5.69 Å². The molecule has 2 heterocycles. The molecule has 0 aliphatic carbocycles. The van der Waals surface area contributed by atoms with Gasteiger partial charge in [-0.15, -0.1) is 0 Å². The van der Waals surface area contributed by atoms with E-state index in [1.807, 2.05) is 18.2 Å². The van der Waals surface area contributed by atoms with E-state index in [0.29, 0.717) is 5.82 Å². The van der Waals surface area contributed by atoms with Crippen molar-refractivity contribution in [2.75, 3.05) is 0 Å². The molecule has 6 aromatic carbocycles. The van der Waals surface area contributed by atoms with Crippen molar-refractivity contribution < 1.29 is 0 Å². The summed E-state index contributed by atoms with van der Waals surface area (Å²) in [5, 5.41) is 9.79. The van der Waals surface area contributed by atoms with Crippen molar-refractivity contribution in [3.05, 3.63) is 140 Å². The van der Waals surface area contributed by atoms with E-state index in [4.69, 9.17) is 9.97 Å². The second-order valence-corrected chi connectivity index (χ2v) is 10.1. The smallest absolute Gasteiger partial charge is 0.179 e. The fourth-order valence-electron chi connectivity index (χ4n) is 5.68. The summed E-state index contributed by atoms with van der Waals surface area (Å²) >= 11 is 0. The van der Waals surface area contributed by atoms with Crippen LogP contribution in [0.1, 0.15) is 0 Å². The SMILES string of the molecule is c1ccc(-c2nc(-c3ccc4ccc5ccccc5c4c3)cc(-c3ccc4ccc5ccccc5c4c3)n2)nc1. The fourth-order valence-corrected chi connectivity index (χ4v) is 5.68. The summed E-state index contributed by atoms with van der Waals surface area (Å²) in [5.41, 5.74) is 4.60. The molecule has 0 aliphatic heterocycles. The molecule has 0 saturated heterocycles. The zero-order valence-corrected chi connectivity index (χ0v) is 21.6. The molecule has 0 unspecified atom stereocenters. The molecule has 0 saturated carbocycles. The summed E-state index contributed by atoms with van der Waals surface area (Å²) in [5.74, 6) is 0.615. The van der Waals surface area contributed by atoms with E-state index in [0.717, 1.165) is 28.2 Å². The van der Waals surface area contributed by atoms with Gasteiger partial charge >= 0.3 is 0 Å². The second kappa shape index (κ2) is 9.11. The lowest BCUT2D eigenvalue weighted by molar-refractivity contribution is 1.15. The maximum atomic E-state index is 5.02. The van der Waals surface area contributed by atoms with Crippen molar-refractivity contribution in [3.63, 3.8) is 0 Å². The molecule has 186 valence electrons. The standard InChI is InChI=1S/C37H23N3/c1-3-9-30-24(7-1)12-14-26-16-18-28(21-32(26)30)35-23-36(40-37(39-35)34-11-5-6-20-38-34)29-19-17-27-15-13-25-8-2-4-10-31(25)33(27)22-29/h1-23H. The molecule has 0 amide bonds. The van der Waals surface area contributed by atoms with Crippen LogP contribution in [-0.4, -0.2) is 15.0 Å². The van der Waals surface area contributed by atoms with E-state index in [1.165, 1.54) is 43.1 Å². The molecule has 8 rings (SSSR count). The summed E-state index contributed by atoms with van der Waals surface area (Å²) in [4.78, 5) is 14.6. The third kappa shape index (κ3) is 3.79. The van der Waals surface area contributed by atoms with Crippen LogP contribution in [0.2, 0.25) is 0 Å². The van der Waals surface area contributed by atoms with Gasteiger partial charge in [0, 0.05) is 17.3 Å². The van der Waals surface area contributed by atoms with Gasteiger partial charge in [-0.25, -0.2) is 9.97 Å². The Morgan fingerprint density at radius 2 is 0.825 bits per heavy atom. The number of fused-ring (bicyclic) bond motifs is 6. The van der Waals surface area contributed by atoms with E-state index in [2.05, 4.69) is 120 Å². The first kappa shape index (κ1) is 22.6. The predicted molar refractivity (Wildman–Crippen MR) is 166 cm³/mol. The number of rotatable bonds is 3. The lowest BCUT2D eigenvalue weighted by Gasteiger charge is -2.12. The minimum Gasteiger partial charge on any atom is -0.253 e. The number of pyridine rings is 1. The van der Waals surface area contributed by atoms with Crippen molar-refractivity contribution in [2.24, 2.45) is 0 Å². The molecule has 40 heavy (non-hydrogen) atoms. The average Bonchev–Trinajstić information content (AvgIpc) is 3.04. The number of hydrogen-bond donors (Lipinski definition) is 0. The van der Waals surface area contributed by atoms with E-state index in [1.54, 1.807) is 6.20 Å². The first-order valence-corrected chi connectivity index (χ1v) is 13.4. The molecule has 0 radical (unpaired) electrons. The molecular formula is C37H23N3. The van der Waals surface area contributed by atoms with E-state index >= 15 is 0 Å². The molecule has 0 fully saturated rings. The van der Waals surface area contributed by atoms with Gasteiger partial charge in [-0.3, -0.25) is 4.98 Å². The molecular weight excluding hydrogens is 486 g/mol. The van der Waals surface area contributed by atoms with Gasteiger partial charge in [0.15, 0.2) is 5.82 Å². The number of aromatic nitrogens is 3. The van der Waals surface area contributed by atoms with Gasteiger partial charge in [-0.2, -0.15) is 0 Å². The lowest BCUT2D eigenvalue weighted by Crippen LogP contribution is -1.97. The Labute approximate surface area is 231 Å². The highest BCUT2D eigenvalue weighted by atomic mass is 14.9. The summed E-state index contributed by atoms with van der Waals surface area (Å²) < 4.78 is 0. The van der Waals surface area contributed by atoms with Gasteiger partial charge in [-0.05, 0) is 73.4 Å². The van der Waals surface area contributed by atoms with Crippen molar-refractivity contribution >= 4 is 43.1 Å². The lowest BCUT2D eigenvalue weighted by atomic mass is 9.97. The third-order valence-electron chi connectivity index (χ3n) is 7.71. The van der Waals surface area contributed by atoms with Gasteiger partial charge in [-0.1, -0.05) is 103 Å². The Bertz CT molecular complexity index is 2080. The van der Waals surface area contributed by atoms with Gasteiger partial charge in [0.05, 0.1) is 11.4 Å². The molecule has 8 aromatic rings. The zero-order valence-electron chi connectivity index (χ0n) is 21.6. The molecule has 3 nitrogen and oxygen atoms in total. The van der Waals surface area contributed by atoms with Gasteiger partial charge < -0.3 is 0 Å². The third-order valence-corrected chi connectivity index (χ3v) is 7.71. The van der Waals surface area contributed by atoms with E-state index in [9.17, 15) is 0 Å². The van der Waals surface area contributed by atoms with Crippen LogP contribution in [0.3, 0.4) is 0 Å². The topological polar surface area (TPSA) is 38.7 Å². The van der Waals surface area contributed by atoms with Crippen molar-refractivity contribution in [3.8, 4) is 34.0 Å². The molecule has 0 bridgehead atoms. The fraction of sp³-hybridized carbons (Fsp3) is 0. The van der Waals surface area contributed by atoms with Crippen molar-refractivity contribution in [1.82, 2.24) is 15.0 Å². The number of nitrogens with zero attached hydrogens (tertiary/aromatic N) is 3. The van der Waals surface area contributed by atoms with Crippen LogP contribution in [0, 0.1) is 0 Å². The Kier molecular flexibility index (Phi) is 5.14. The first-order valence-electron chi connectivity index (χ1n) is 13.4. The monoisotopic (exact) mass is 509 g/mol. The molecule has 3 heteroatoms. The molecule has 0 atom stereocenters. The molecule has 0 N–H and O–H groups in total. The second-order valence-electron chi connectivity index (χ2n) is 10.1. The van der Waals surface area contributed by atoms with Crippen LogP contribution >= 0.6 is 0 Å². The van der Waals surface area contributed by atoms with Crippen LogP contribution < -0.4 is 0 Å². The van der Waals surface area contributed by atoms with Crippen molar-refractivity contribution in [2.45, 2.75) is 0 Å². The molecule has 2 aromatic heterocycles. The number of hydrogen-bond acceptors (Lipinski definition) is 3. The molecule has 0 spiro atoms. The highest BCUT2D eigenvalue weighted by Crippen LogP contribution is 2.34. The average molecular weight is 510 g/mol. The van der Waals surface area contributed by atoms with Crippen LogP contribution in [0.15, 0.2) is 140 Å². The maximum absolute atomic E-state index is 5.02. The van der Waals surface area contributed by atoms with Crippen LogP contribution in [0.25, 0.3) is 77.1 Å². The van der Waals surface area contributed by atoms with E-state index in [-0.39, 0.29) is 0 Å². The largest absolute Gasteiger partial charge is 0.253 e.